The van der Waals surface area contributed by atoms with Crippen LogP contribution in [0.25, 0.3) is 0 Å². The third-order valence-electron chi connectivity index (χ3n) is 3.84. The number of carbonyl (C=O) groups excluding carboxylic acids is 1. The molecule has 1 atom stereocenters. The van der Waals surface area contributed by atoms with Crippen LogP contribution in [0.5, 0.6) is 0 Å². The molecule has 21 heavy (non-hydrogen) atoms. The standard InChI is InChI=1S/C15H19N3O3/c1-3-18-14-11(7-16-18)8-17(9-12(14)10-20-2)15(19)13-5-4-6-21-13/h4-7,12H,3,8-10H2,1-2H3. The zero-order valence-corrected chi connectivity index (χ0v) is 12.3. The van der Waals surface area contributed by atoms with E-state index in [1.807, 2.05) is 10.9 Å². The summed E-state index contributed by atoms with van der Waals surface area (Å²) >= 11 is 0. The number of carbonyl (C=O) groups is 1. The van der Waals surface area contributed by atoms with E-state index in [-0.39, 0.29) is 11.8 Å². The molecule has 3 heterocycles. The number of aryl methyl sites for hydroxylation is 1. The van der Waals surface area contributed by atoms with Crippen LogP contribution in [0.3, 0.4) is 0 Å². The van der Waals surface area contributed by atoms with Crippen LogP contribution in [0, 0.1) is 0 Å². The van der Waals surface area contributed by atoms with Crippen molar-refractivity contribution in [2.75, 3.05) is 20.3 Å². The maximum Gasteiger partial charge on any atom is 0.289 e. The summed E-state index contributed by atoms with van der Waals surface area (Å²) in [7, 11) is 1.68. The van der Waals surface area contributed by atoms with Gasteiger partial charge in [0.2, 0.25) is 0 Å². The fourth-order valence-electron chi connectivity index (χ4n) is 2.95. The Balaban J connectivity index is 1.89. The lowest BCUT2D eigenvalue weighted by atomic mass is 9.96. The van der Waals surface area contributed by atoms with Crippen LogP contribution in [-0.4, -0.2) is 40.8 Å². The summed E-state index contributed by atoms with van der Waals surface area (Å²) in [4.78, 5) is 14.3. The fourth-order valence-corrected chi connectivity index (χ4v) is 2.95. The molecule has 0 radical (unpaired) electrons. The highest BCUT2D eigenvalue weighted by atomic mass is 16.5. The molecule has 0 saturated carbocycles. The van der Waals surface area contributed by atoms with E-state index in [9.17, 15) is 4.79 Å². The first-order valence-corrected chi connectivity index (χ1v) is 7.10. The minimum Gasteiger partial charge on any atom is -0.459 e. The van der Waals surface area contributed by atoms with E-state index in [2.05, 4.69) is 12.0 Å². The lowest BCUT2D eigenvalue weighted by molar-refractivity contribution is 0.0644. The van der Waals surface area contributed by atoms with Crippen molar-refractivity contribution in [2.45, 2.75) is 25.9 Å². The van der Waals surface area contributed by atoms with Crippen LogP contribution in [0.2, 0.25) is 0 Å². The minimum atomic E-state index is -0.0870. The second kappa shape index (κ2) is 5.73. The van der Waals surface area contributed by atoms with E-state index >= 15 is 0 Å². The van der Waals surface area contributed by atoms with Crippen molar-refractivity contribution in [2.24, 2.45) is 0 Å². The maximum absolute atomic E-state index is 12.5. The number of aromatic nitrogens is 2. The van der Waals surface area contributed by atoms with E-state index < -0.39 is 0 Å². The molecule has 2 aromatic rings. The van der Waals surface area contributed by atoms with Crippen molar-refractivity contribution < 1.29 is 13.9 Å². The number of rotatable bonds is 4. The Hall–Kier alpha value is -2.08. The number of furan rings is 1. The van der Waals surface area contributed by atoms with Gasteiger partial charge in [0.05, 0.1) is 24.8 Å². The summed E-state index contributed by atoms with van der Waals surface area (Å²) in [6, 6.07) is 3.42. The molecule has 3 rings (SSSR count). The Morgan fingerprint density at radius 1 is 1.57 bits per heavy atom. The highest BCUT2D eigenvalue weighted by Gasteiger charge is 2.32. The number of nitrogens with zero attached hydrogens (tertiary/aromatic N) is 3. The largest absolute Gasteiger partial charge is 0.459 e. The minimum absolute atomic E-state index is 0.0870. The first-order valence-electron chi connectivity index (χ1n) is 7.10. The van der Waals surface area contributed by atoms with Gasteiger partial charge in [-0.2, -0.15) is 5.10 Å². The van der Waals surface area contributed by atoms with Crippen LogP contribution in [-0.2, 0) is 17.8 Å². The first-order chi connectivity index (χ1) is 10.2. The molecule has 1 aliphatic heterocycles. The van der Waals surface area contributed by atoms with Gasteiger partial charge in [0.25, 0.3) is 5.91 Å². The second-order valence-corrected chi connectivity index (χ2v) is 5.19. The predicted molar refractivity (Wildman–Crippen MR) is 76.0 cm³/mol. The van der Waals surface area contributed by atoms with Gasteiger partial charge in [-0.1, -0.05) is 0 Å². The van der Waals surface area contributed by atoms with Crippen LogP contribution < -0.4 is 0 Å². The van der Waals surface area contributed by atoms with E-state index in [1.165, 1.54) is 12.0 Å². The number of ether oxygens (including phenoxy) is 1. The van der Waals surface area contributed by atoms with Crippen molar-refractivity contribution in [1.29, 1.82) is 0 Å². The Kier molecular flexibility index (Phi) is 3.79. The lowest BCUT2D eigenvalue weighted by Gasteiger charge is -2.32. The highest BCUT2D eigenvalue weighted by molar-refractivity contribution is 5.91. The van der Waals surface area contributed by atoms with Gasteiger partial charge in [0.15, 0.2) is 5.76 Å². The summed E-state index contributed by atoms with van der Waals surface area (Å²) in [5.74, 6) is 0.425. The molecule has 0 spiro atoms. The van der Waals surface area contributed by atoms with Crippen molar-refractivity contribution in [3.63, 3.8) is 0 Å². The first kappa shape index (κ1) is 13.9. The van der Waals surface area contributed by atoms with Gasteiger partial charge in [0.1, 0.15) is 0 Å². The fraction of sp³-hybridized carbons (Fsp3) is 0.467. The van der Waals surface area contributed by atoms with Crippen LogP contribution in [0.1, 0.15) is 34.7 Å². The SMILES string of the molecule is CCn1ncc2c1C(COC)CN(C(=O)c1ccco1)C2. The predicted octanol–water partition coefficient (Wildman–Crippen LogP) is 1.88. The Morgan fingerprint density at radius 3 is 3.10 bits per heavy atom. The summed E-state index contributed by atoms with van der Waals surface area (Å²) < 4.78 is 12.5. The van der Waals surface area contributed by atoms with Crippen molar-refractivity contribution in [3.05, 3.63) is 41.6 Å². The van der Waals surface area contributed by atoms with Gasteiger partial charge in [-0.05, 0) is 19.1 Å². The quantitative estimate of drug-likeness (QED) is 0.862. The molecule has 1 amide bonds. The molecule has 0 fully saturated rings. The highest BCUT2D eigenvalue weighted by Crippen LogP contribution is 2.29. The summed E-state index contributed by atoms with van der Waals surface area (Å²) in [5.41, 5.74) is 2.27. The van der Waals surface area contributed by atoms with E-state index in [1.54, 1.807) is 24.1 Å². The van der Waals surface area contributed by atoms with Gasteiger partial charge < -0.3 is 14.1 Å². The molecule has 1 unspecified atom stereocenters. The lowest BCUT2D eigenvalue weighted by Crippen LogP contribution is -2.39. The number of amides is 1. The average Bonchev–Trinajstić information content (AvgIpc) is 3.16. The van der Waals surface area contributed by atoms with Gasteiger partial charge >= 0.3 is 0 Å². The van der Waals surface area contributed by atoms with Crippen molar-refractivity contribution >= 4 is 5.91 Å². The van der Waals surface area contributed by atoms with Gasteiger partial charge in [0, 0.05) is 38.2 Å². The zero-order valence-electron chi connectivity index (χ0n) is 12.3. The summed E-state index contributed by atoms with van der Waals surface area (Å²) in [5, 5.41) is 4.41. The van der Waals surface area contributed by atoms with Gasteiger partial charge in [-0.25, -0.2) is 0 Å². The molecule has 2 aromatic heterocycles. The maximum atomic E-state index is 12.5. The van der Waals surface area contributed by atoms with Gasteiger partial charge in [-0.15, -0.1) is 0 Å². The number of fused-ring (bicyclic) bond motifs is 1. The second-order valence-electron chi connectivity index (χ2n) is 5.19. The molecule has 0 aliphatic carbocycles. The number of hydrogen-bond acceptors (Lipinski definition) is 4. The number of methoxy groups -OCH3 is 1. The van der Waals surface area contributed by atoms with Crippen molar-refractivity contribution in [1.82, 2.24) is 14.7 Å². The normalized spacial score (nSPS) is 17.8. The molecule has 0 saturated heterocycles. The molecule has 112 valence electrons. The topological polar surface area (TPSA) is 60.5 Å². The van der Waals surface area contributed by atoms with Crippen LogP contribution in [0.4, 0.5) is 0 Å². The zero-order chi connectivity index (χ0) is 14.8. The van der Waals surface area contributed by atoms with Crippen LogP contribution >= 0.6 is 0 Å². The number of hydrogen-bond donors (Lipinski definition) is 0. The molecular weight excluding hydrogens is 270 g/mol. The summed E-state index contributed by atoms with van der Waals surface area (Å²) in [6.07, 6.45) is 3.37. The molecule has 6 nitrogen and oxygen atoms in total. The Labute approximate surface area is 123 Å². The molecule has 6 heteroatoms. The van der Waals surface area contributed by atoms with Crippen molar-refractivity contribution in [3.8, 4) is 0 Å². The third kappa shape index (κ3) is 2.47. The molecule has 0 bridgehead atoms. The Morgan fingerprint density at radius 2 is 2.43 bits per heavy atom. The van der Waals surface area contributed by atoms with E-state index in [4.69, 9.17) is 9.15 Å². The molecule has 1 aliphatic rings. The Bertz CT molecular complexity index is 618. The molecule has 0 aromatic carbocycles. The van der Waals surface area contributed by atoms with E-state index in [0.29, 0.717) is 25.5 Å². The van der Waals surface area contributed by atoms with Crippen LogP contribution in [0.15, 0.2) is 29.0 Å². The molecular formula is C15H19N3O3. The smallest absolute Gasteiger partial charge is 0.289 e. The molecule has 0 N–H and O–H groups in total. The van der Waals surface area contributed by atoms with Gasteiger partial charge in [-0.3, -0.25) is 9.48 Å². The summed E-state index contributed by atoms with van der Waals surface area (Å²) in [6.45, 7) is 4.64. The van der Waals surface area contributed by atoms with E-state index in [0.717, 1.165) is 12.1 Å². The average molecular weight is 289 g/mol. The third-order valence-corrected chi connectivity index (χ3v) is 3.84. The monoisotopic (exact) mass is 289 g/mol.